The van der Waals surface area contributed by atoms with Crippen molar-refractivity contribution < 1.29 is 19.1 Å². The highest BCUT2D eigenvalue weighted by atomic mass is 16.5. The van der Waals surface area contributed by atoms with Gasteiger partial charge in [0.05, 0.1) is 19.3 Å². The molecule has 0 saturated carbocycles. The fourth-order valence-corrected chi connectivity index (χ4v) is 3.11. The Bertz CT molecular complexity index is 1060. The molecule has 0 bridgehead atoms. The summed E-state index contributed by atoms with van der Waals surface area (Å²) in [6, 6.07) is 12.5. The predicted molar refractivity (Wildman–Crippen MR) is 116 cm³/mol. The second-order valence-corrected chi connectivity index (χ2v) is 7.48. The maximum atomic E-state index is 12.6. The van der Waals surface area contributed by atoms with Gasteiger partial charge in [-0.3, -0.25) is 20.4 Å². The van der Waals surface area contributed by atoms with Gasteiger partial charge in [0.15, 0.2) is 11.5 Å². The number of aromatic nitrogens is 1. The van der Waals surface area contributed by atoms with E-state index in [1.54, 1.807) is 24.4 Å². The Balaban J connectivity index is 1.66. The lowest BCUT2D eigenvalue weighted by Crippen LogP contribution is -2.41. The number of fused-ring (bicyclic) bond motifs is 1. The molecule has 7 nitrogen and oxygen atoms in total. The number of carbonyl (C=O) groups is 2. The quantitative estimate of drug-likeness (QED) is 0.583. The number of benzene rings is 2. The van der Waals surface area contributed by atoms with Gasteiger partial charge in [-0.2, -0.15) is 0 Å². The Morgan fingerprint density at radius 1 is 1.03 bits per heavy atom. The molecule has 0 fully saturated rings. The van der Waals surface area contributed by atoms with Gasteiger partial charge in [0.25, 0.3) is 11.8 Å². The summed E-state index contributed by atoms with van der Waals surface area (Å²) in [7, 11) is 3.39. The van der Waals surface area contributed by atoms with Gasteiger partial charge in [0.2, 0.25) is 0 Å². The number of hydrazine groups is 1. The maximum absolute atomic E-state index is 12.6. The first-order valence-electron chi connectivity index (χ1n) is 9.86. The highest BCUT2D eigenvalue weighted by Gasteiger charge is 2.16. The van der Waals surface area contributed by atoms with Crippen LogP contribution in [0.3, 0.4) is 0 Å². The van der Waals surface area contributed by atoms with Crippen molar-refractivity contribution in [3.63, 3.8) is 0 Å². The minimum atomic E-state index is -0.449. The Hall–Kier alpha value is -3.48. The molecule has 2 amide bonds. The third-order valence-electron chi connectivity index (χ3n) is 4.81. The van der Waals surface area contributed by atoms with Crippen LogP contribution >= 0.6 is 0 Å². The van der Waals surface area contributed by atoms with Crippen LogP contribution in [0.1, 0.15) is 41.0 Å². The lowest BCUT2D eigenvalue weighted by atomic mass is 10.1. The van der Waals surface area contributed by atoms with Crippen LogP contribution in [0.15, 0.2) is 48.7 Å². The molecule has 7 heteroatoms. The van der Waals surface area contributed by atoms with Crippen molar-refractivity contribution in [1.82, 2.24) is 15.4 Å². The van der Waals surface area contributed by atoms with Gasteiger partial charge < -0.3 is 14.0 Å². The summed E-state index contributed by atoms with van der Waals surface area (Å²) in [5.74, 6) is 0.740. The normalized spacial score (nSPS) is 10.8. The zero-order valence-corrected chi connectivity index (χ0v) is 17.7. The third-order valence-corrected chi connectivity index (χ3v) is 4.81. The lowest BCUT2D eigenvalue weighted by Gasteiger charge is -2.13. The summed E-state index contributed by atoms with van der Waals surface area (Å²) in [5, 5.41) is 0.816. The number of amides is 2. The molecule has 0 aliphatic carbocycles. The van der Waals surface area contributed by atoms with E-state index < -0.39 is 5.91 Å². The third kappa shape index (κ3) is 4.74. The van der Waals surface area contributed by atoms with Crippen molar-refractivity contribution in [1.29, 1.82) is 0 Å². The number of nitrogens with one attached hydrogen (secondary N) is 2. The summed E-state index contributed by atoms with van der Waals surface area (Å²) in [4.78, 5) is 25.1. The lowest BCUT2D eigenvalue weighted by molar-refractivity contribution is 0.0847. The number of hydrogen-bond acceptors (Lipinski definition) is 4. The van der Waals surface area contributed by atoms with Gasteiger partial charge in [-0.1, -0.05) is 32.0 Å². The van der Waals surface area contributed by atoms with Crippen LogP contribution in [0.4, 0.5) is 0 Å². The molecule has 0 unspecified atom stereocenters. The molecular formula is C23H27N3O4. The van der Waals surface area contributed by atoms with Crippen molar-refractivity contribution in [3.8, 4) is 11.5 Å². The Morgan fingerprint density at radius 3 is 2.50 bits per heavy atom. The maximum Gasteiger partial charge on any atom is 0.271 e. The molecule has 1 heterocycles. The number of para-hydroxylation sites is 1. The zero-order chi connectivity index (χ0) is 21.7. The monoisotopic (exact) mass is 409 g/mol. The van der Waals surface area contributed by atoms with Crippen molar-refractivity contribution >= 4 is 22.7 Å². The standard InChI is InChI=1S/C23H27N3O4/c1-15(2)11-12-30-20-10-9-16(13-21(20)29-4)22(27)24-25-23(28)18-14-26(3)19-8-6-5-7-17(18)19/h5-10,13-15H,11-12H2,1-4H3,(H,24,27)(H,25,28). The number of aryl methyl sites for hydroxylation is 1. The van der Waals surface area contributed by atoms with Crippen molar-refractivity contribution in [3.05, 3.63) is 59.8 Å². The van der Waals surface area contributed by atoms with Crippen LogP contribution in [-0.4, -0.2) is 30.1 Å². The number of rotatable bonds is 7. The van der Waals surface area contributed by atoms with Gasteiger partial charge in [0.1, 0.15) is 0 Å². The fourth-order valence-electron chi connectivity index (χ4n) is 3.11. The highest BCUT2D eigenvalue weighted by Crippen LogP contribution is 2.28. The minimum Gasteiger partial charge on any atom is -0.493 e. The van der Waals surface area contributed by atoms with E-state index in [9.17, 15) is 9.59 Å². The summed E-state index contributed by atoms with van der Waals surface area (Å²) in [6.07, 6.45) is 2.66. The summed E-state index contributed by atoms with van der Waals surface area (Å²) in [6.45, 7) is 4.82. The summed E-state index contributed by atoms with van der Waals surface area (Å²) >= 11 is 0. The van der Waals surface area contributed by atoms with E-state index in [4.69, 9.17) is 9.47 Å². The molecule has 1 aromatic heterocycles. The van der Waals surface area contributed by atoms with Crippen molar-refractivity contribution in [2.75, 3.05) is 13.7 Å². The molecule has 3 rings (SSSR count). The molecule has 2 N–H and O–H groups in total. The fraction of sp³-hybridized carbons (Fsp3) is 0.304. The van der Waals surface area contributed by atoms with Crippen LogP contribution in [0.2, 0.25) is 0 Å². The van der Waals surface area contributed by atoms with E-state index in [-0.39, 0.29) is 5.91 Å². The molecule has 0 radical (unpaired) electrons. The van der Waals surface area contributed by atoms with E-state index in [1.807, 2.05) is 35.9 Å². The molecule has 158 valence electrons. The molecule has 0 saturated heterocycles. The molecule has 3 aromatic rings. The average molecular weight is 409 g/mol. The van der Waals surface area contributed by atoms with E-state index in [1.165, 1.54) is 7.11 Å². The SMILES string of the molecule is COc1cc(C(=O)NNC(=O)c2cn(C)c3ccccc23)ccc1OCCC(C)C. The average Bonchev–Trinajstić information content (AvgIpc) is 3.08. The van der Waals surface area contributed by atoms with Crippen molar-refractivity contribution in [2.45, 2.75) is 20.3 Å². The van der Waals surface area contributed by atoms with Crippen molar-refractivity contribution in [2.24, 2.45) is 13.0 Å². The molecule has 0 aliphatic rings. The smallest absolute Gasteiger partial charge is 0.271 e. The van der Waals surface area contributed by atoms with Gasteiger partial charge in [-0.05, 0) is 36.6 Å². The van der Waals surface area contributed by atoms with Crippen LogP contribution in [-0.2, 0) is 7.05 Å². The first-order chi connectivity index (χ1) is 14.4. The van der Waals surface area contributed by atoms with Crippen LogP contribution < -0.4 is 20.3 Å². The number of nitrogens with zero attached hydrogens (tertiary/aromatic N) is 1. The van der Waals surface area contributed by atoms with Gasteiger partial charge >= 0.3 is 0 Å². The summed E-state index contributed by atoms with van der Waals surface area (Å²) < 4.78 is 13.0. The second kappa shape index (κ2) is 9.35. The molecule has 0 atom stereocenters. The Labute approximate surface area is 175 Å². The van der Waals surface area contributed by atoms with E-state index in [2.05, 4.69) is 24.7 Å². The van der Waals surface area contributed by atoms with Crippen LogP contribution in [0.5, 0.6) is 11.5 Å². The Morgan fingerprint density at radius 2 is 1.77 bits per heavy atom. The zero-order valence-electron chi connectivity index (χ0n) is 17.7. The molecule has 0 spiro atoms. The van der Waals surface area contributed by atoms with E-state index in [0.717, 1.165) is 17.3 Å². The van der Waals surface area contributed by atoms with Crippen LogP contribution in [0, 0.1) is 5.92 Å². The van der Waals surface area contributed by atoms with Gasteiger partial charge in [-0.15, -0.1) is 0 Å². The number of ether oxygens (including phenoxy) is 2. The molecule has 2 aromatic carbocycles. The van der Waals surface area contributed by atoms with E-state index in [0.29, 0.717) is 35.2 Å². The molecular weight excluding hydrogens is 382 g/mol. The number of carbonyl (C=O) groups excluding carboxylic acids is 2. The largest absolute Gasteiger partial charge is 0.493 e. The first-order valence-corrected chi connectivity index (χ1v) is 9.86. The molecule has 30 heavy (non-hydrogen) atoms. The molecule has 0 aliphatic heterocycles. The highest BCUT2D eigenvalue weighted by molar-refractivity contribution is 6.08. The number of hydrogen-bond donors (Lipinski definition) is 2. The van der Waals surface area contributed by atoms with Crippen LogP contribution in [0.25, 0.3) is 10.9 Å². The van der Waals surface area contributed by atoms with E-state index >= 15 is 0 Å². The first kappa shape index (κ1) is 21.2. The number of methoxy groups -OCH3 is 1. The Kier molecular flexibility index (Phi) is 6.61. The van der Waals surface area contributed by atoms with Gasteiger partial charge in [-0.25, -0.2) is 0 Å². The topological polar surface area (TPSA) is 81.6 Å². The van der Waals surface area contributed by atoms with Gasteiger partial charge in [0, 0.05) is 29.7 Å². The predicted octanol–water partition coefficient (Wildman–Crippen LogP) is 3.69. The minimum absolute atomic E-state index is 0.348. The summed E-state index contributed by atoms with van der Waals surface area (Å²) in [5.41, 5.74) is 6.70. The second-order valence-electron chi connectivity index (χ2n) is 7.48.